The average molecular weight is 418 g/mol. The normalized spacial score (nSPS) is 14.2. The number of anilines is 1. The van der Waals surface area contributed by atoms with Gasteiger partial charge in [0.1, 0.15) is 0 Å². The minimum Gasteiger partial charge on any atom is -0.481 e. The van der Waals surface area contributed by atoms with E-state index in [0.29, 0.717) is 18.9 Å². The molecule has 0 spiro atoms. The Balaban J connectivity index is 0.00000169. The van der Waals surface area contributed by atoms with Crippen molar-refractivity contribution in [1.29, 1.82) is 0 Å². The molecular formula is C18H25Cl2N3O2S. The number of carboxylic acids is 1. The van der Waals surface area contributed by atoms with E-state index in [-0.39, 0.29) is 31.2 Å². The molecule has 2 heterocycles. The van der Waals surface area contributed by atoms with Crippen LogP contribution in [0.2, 0.25) is 0 Å². The van der Waals surface area contributed by atoms with E-state index in [1.807, 2.05) is 5.38 Å². The third kappa shape index (κ3) is 6.43. The van der Waals surface area contributed by atoms with Crippen LogP contribution < -0.4 is 10.6 Å². The maximum absolute atomic E-state index is 10.5. The van der Waals surface area contributed by atoms with E-state index in [1.165, 1.54) is 18.4 Å². The lowest BCUT2D eigenvalue weighted by Crippen LogP contribution is -2.26. The van der Waals surface area contributed by atoms with Gasteiger partial charge in [-0.2, -0.15) is 0 Å². The molecule has 0 bridgehead atoms. The summed E-state index contributed by atoms with van der Waals surface area (Å²) in [6.07, 6.45) is 3.21. The molecule has 0 atom stereocenters. The van der Waals surface area contributed by atoms with E-state index < -0.39 is 5.97 Å². The predicted octanol–water partition coefficient (Wildman–Crippen LogP) is 4.40. The molecule has 3 rings (SSSR count). The number of benzene rings is 1. The minimum absolute atomic E-state index is 0. The van der Waals surface area contributed by atoms with Gasteiger partial charge in [0, 0.05) is 23.9 Å². The Labute approximate surface area is 170 Å². The van der Waals surface area contributed by atoms with Gasteiger partial charge in [-0.05, 0) is 43.8 Å². The molecule has 1 aliphatic heterocycles. The molecule has 0 amide bonds. The molecule has 0 radical (unpaired) electrons. The van der Waals surface area contributed by atoms with E-state index in [9.17, 15) is 4.79 Å². The van der Waals surface area contributed by atoms with Gasteiger partial charge in [0.15, 0.2) is 5.13 Å². The zero-order valence-corrected chi connectivity index (χ0v) is 16.9. The summed E-state index contributed by atoms with van der Waals surface area (Å²) >= 11 is 1.56. The number of carboxylic acid groups (broad SMARTS) is 1. The molecule has 0 unspecified atom stereocenters. The highest BCUT2D eigenvalue weighted by molar-refractivity contribution is 7.14. The van der Waals surface area contributed by atoms with E-state index in [1.54, 1.807) is 11.3 Å². The van der Waals surface area contributed by atoms with Gasteiger partial charge < -0.3 is 15.7 Å². The number of rotatable bonds is 7. The number of hydrogen-bond acceptors (Lipinski definition) is 5. The van der Waals surface area contributed by atoms with Crippen LogP contribution in [0.1, 0.15) is 37.2 Å². The van der Waals surface area contributed by atoms with Crippen LogP contribution in [0.3, 0.4) is 0 Å². The first-order valence-corrected chi connectivity index (χ1v) is 9.32. The SMILES string of the molecule is Cl.Cl.O=C(O)CCCNc1nc(-c2ccc(C3CCNCC3)cc2)cs1. The summed E-state index contributed by atoms with van der Waals surface area (Å²) in [6, 6.07) is 8.76. The summed E-state index contributed by atoms with van der Waals surface area (Å²) < 4.78 is 0. The van der Waals surface area contributed by atoms with Crippen LogP contribution in [0.5, 0.6) is 0 Å². The lowest BCUT2D eigenvalue weighted by Gasteiger charge is -2.23. The Morgan fingerprint density at radius 3 is 2.58 bits per heavy atom. The number of carbonyl (C=O) groups is 1. The molecule has 8 heteroatoms. The van der Waals surface area contributed by atoms with Gasteiger partial charge in [-0.3, -0.25) is 4.79 Å². The van der Waals surface area contributed by atoms with Crippen molar-refractivity contribution in [1.82, 2.24) is 10.3 Å². The largest absolute Gasteiger partial charge is 0.481 e. The summed E-state index contributed by atoms with van der Waals surface area (Å²) in [5.41, 5.74) is 3.52. The van der Waals surface area contributed by atoms with Crippen molar-refractivity contribution in [2.24, 2.45) is 0 Å². The maximum Gasteiger partial charge on any atom is 0.303 e. The highest BCUT2D eigenvalue weighted by atomic mass is 35.5. The molecule has 1 fully saturated rings. The fourth-order valence-electron chi connectivity index (χ4n) is 3.00. The van der Waals surface area contributed by atoms with Crippen molar-refractivity contribution in [3.63, 3.8) is 0 Å². The Morgan fingerprint density at radius 1 is 1.23 bits per heavy atom. The number of nitrogens with zero attached hydrogens (tertiary/aromatic N) is 1. The summed E-state index contributed by atoms with van der Waals surface area (Å²) in [6.45, 7) is 2.85. The molecule has 5 nitrogen and oxygen atoms in total. The van der Waals surface area contributed by atoms with Crippen molar-refractivity contribution in [2.75, 3.05) is 25.0 Å². The van der Waals surface area contributed by atoms with Crippen molar-refractivity contribution < 1.29 is 9.90 Å². The van der Waals surface area contributed by atoms with E-state index >= 15 is 0 Å². The van der Waals surface area contributed by atoms with Crippen LogP contribution in [-0.4, -0.2) is 35.7 Å². The number of aliphatic carboxylic acids is 1. The van der Waals surface area contributed by atoms with Crippen LogP contribution in [-0.2, 0) is 4.79 Å². The fraction of sp³-hybridized carbons (Fsp3) is 0.444. The number of thiazole rings is 1. The predicted molar refractivity (Wildman–Crippen MR) is 112 cm³/mol. The zero-order valence-electron chi connectivity index (χ0n) is 14.4. The summed E-state index contributed by atoms with van der Waals surface area (Å²) in [5.74, 6) is -0.0901. The third-order valence-corrected chi connectivity index (χ3v) is 5.16. The first-order valence-electron chi connectivity index (χ1n) is 8.44. The second kappa shape index (κ2) is 11.4. The van der Waals surface area contributed by atoms with Crippen LogP contribution in [0.15, 0.2) is 29.6 Å². The number of halogens is 2. The van der Waals surface area contributed by atoms with E-state index in [2.05, 4.69) is 39.9 Å². The summed E-state index contributed by atoms with van der Waals surface area (Å²) in [5, 5.41) is 18.1. The van der Waals surface area contributed by atoms with E-state index in [4.69, 9.17) is 5.11 Å². The van der Waals surface area contributed by atoms with Crippen molar-refractivity contribution in [2.45, 2.75) is 31.6 Å². The number of hydrogen-bond donors (Lipinski definition) is 3. The Bertz CT molecular complexity index is 673. The Kier molecular flexibility index (Phi) is 9.94. The summed E-state index contributed by atoms with van der Waals surface area (Å²) in [4.78, 5) is 15.1. The molecular weight excluding hydrogens is 393 g/mol. The topological polar surface area (TPSA) is 74.2 Å². The second-order valence-electron chi connectivity index (χ2n) is 6.11. The van der Waals surface area contributed by atoms with E-state index in [0.717, 1.165) is 29.5 Å². The van der Waals surface area contributed by atoms with Gasteiger partial charge in [0.2, 0.25) is 0 Å². The lowest BCUT2D eigenvalue weighted by atomic mass is 9.90. The van der Waals surface area contributed by atoms with Crippen molar-refractivity contribution in [3.05, 3.63) is 35.2 Å². The smallest absolute Gasteiger partial charge is 0.303 e. The average Bonchev–Trinajstić information content (AvgIpc) is 3.08. The molecule has 3 N–H and O–H groups in total. The minimum atomic E-state index is -0.759. The Morgan fingerprint density at radius 2 is 1.92 bits per heavy atom. The maximum atomic E-state index is 10.5. The molecule has 1 saturated heterocycles. The molecule has 2 aromatic rings. The monoisotopic (exact) mass is 417 g/mol. The molecule has 144 valence electrons. The zero-order chi connectivity index (χ0) is 16.8. The quantitative estimate of drug-likeness (QED) is 0.582. The Hall–Kier alpha value is -1.34. The van der Waals surface area contributed by atoms with Gasteiger partial charge in [-0.15, -0.1) is 36.2 Å². The van der Waals surface area contributed by atoms with Gasteiger partial charge in [-0.25, -0.2) is 4.98 Å². The molecule has 1 aromatic heterocycles. The molecule has 1 aliphatic rings. The van der Waals surface area contributed by atoms with Crippen LogP contribution in [0.4, 0.5) is 5.13 Å². The highest BCUT2D eigenvalue weighted by Gasteiger charge is 2.15. The number of nitrogens with one attached hydrogen (secondary N) is 2. The van der Waals surface area contributed by atoms with Crippen molar-refractivity contribution in [3.8, 4) is 11.3 Å². The molecule has 1 aromatic carbocycles. The third-order valence-electron chi connectivity index (χ3n) is 4.36. The first-order chi connectivity index (χ1) is 11.7. The number of aromatic nitrogens is 1. The summed E-state index contributed by atoms with van der Waals surface area (Å²) in [7, 11) is 0. The van der Waals surface area contributed by atoms with Gasteiger partial charge in [0.25, 0.3) is 0 Å². The van der Waals surface area contributed by atoms with Gasteiger partial charge in [-0.1, -0.05) is 24.3 Å². The van der Waals surface area contributed by atoms with Crippen molar-refractivity contribution >= 4 is 47.3 Å². The molecule has 0 aliphatic carbocycles. The molecule has 0 saturated carbocycles. The van der Waals surface area contributed by atoms with Crippen LogP contribution in [0, 0.1) is 0 Å². The second-order valence-corrected chi connectivity index (χ2v) is 6.97. The first kappa shape index (κ1) is 22.7. The van der Waals surface area contributed by atoms with Gasteiger partial charge in [0.05, 0.1) is 5.69 Å². The van der Waals surface area contributed by atoms with Crippen LogP contribution in [0.25, 0.3) is 11.3 Å². The van der Waals surface area contributed by atoms with Gasteiger partial charge >= 0.3 is 5.97 Å². The fourth-order valence-corrected chi connectivity index (χ4v) is 3.75. The molecule has 26 heavy (non-hydrogen) atoms. The standard InChI is InChI=1S/C18H23N3O2S.2ClH/c22-17(23)2-1-9-20-18-21-16(12-24-18)15-5-3-13(4-6-15)14-7-10-19-11-8-14;;/h3-6,12,14,19H,1-2,7-11H2,(H,20,21)(H,22,23);2*1H. The lowest BCUT2D eigenvalue weighted by molar-refractivity contribution is -0.137. The highest BCUT2D eigenvalue weighted by Crippen LogP contribution is 2.29. The number of piperidine rings is 1. The van der Waals surface area contributed by atoms with Crippen LogP contribution >= 0.6 is 36.2 Å².